The van der Waals surface area contributed by atoms with E-state index in [1.54, 1.807) is 0 Å². The van der Waals surface area contributed by atoms with Crippen molar-refractivity contribution in [3.8, 4) is 5.75 Å². The van der Waals surface area contributed by atoms with Crippen molar-refractivity contribution in [3.05, 3.63) is 65.0 Å². The first kappa shape index (κ1) is 24.8. The molecule has 2 fully saturated rings. The Morgan fingerprint density at radius 3 is 2.33 bits per heavy atom. The van der Waals surface area contributed by atoms with Crippen molar-refractivity contribution in [1.29, 1.82) is 0 Å². The van der Waals surface area contributed by atoms with Gasteiger partial charge in [0.2, 0.25) is 0 Å². The predicted octanol–water partition coefficient (Wildman–Crippen LogP) is 4.82. The zero-order valence-electron chi connectivity index (χ0n) is 21.8. The Morgan fingerprint density at radius 1 is 0.944 bits per heavy atom. The number of nitrogens with zero attached hydrogens (tertiary/aromatic N) is 3. The van der Waals surface area contributed by atoms with Gasteiger partial charge in [-0.2, -0.15) is 0 Å². The summed E-state index contributed by atoms with van der Waals surface area (Å²) in [6.07, 6.45) is 2.06. The molecule has 1 aromatic carbocycles. The van der Waals surface area contributed by atoms with Gasteiger partial charge in [0.05, 0.1) is 32.0 Å². The summed E-state index contributed by atoms with van der Waals surface area (Å²) in [7, 11) is 0. The maximum Gasteiger partial charge on any atom is 0.343 e. The van der Waals surface area contributed by atoms with Crippen LogP contribution in [0, 0.1) is 6.92 Å². The number of aromatic nitrogens is 1. The molecule has 0 spiro atoms. The lowest BCUT2D eigenvalue weighted by Crippen LogP contribution is -2.38. The van der Waals surface area contributed by atoms with Gasteiger partial charge in [-0.25, -0.2) is 4.79 Å². The van der Waals surface area contributed by atoms with Gasteiger partial charge in [0.15, 0.2) is 0 Å². The van der Waals surface area contributed by atoms with Crippen molar-refractivity contribution in [2.45, 2.75) is 39.7 Å². The molecule has 1 atom stereocenters. The third-order valence-electron chi connectivity index (χ3n) is 7.42. The first-order valence-corrected chi connectivity index (χ1v) is 13.0. The Labute approximate surface area is 213 Å². The molecule has 0 saturated carbocycles. The summed E-state index contributed by atoms with van der Waals surface area (Å²) < 4.78 is 19.3. The molecule has 36 heavy (non-hydrogen) atoms. The van der Waals surface area contributed by atoms with Crippen LogP contribution in [0.25, 0.3) is 5.52 Å². The highest BCUT2D eigenvalue weighted by Gasteiger charge is 2.24. The summed E-state index contributed by atoms with van der Waals surface area (Å²) in [5.41, 5.74) is 6.00. The topological polar surface area (TPSA) is 55.7 Å². The van der Waals surface area contributed by atoms with Gasteiger partial charge >= 0.3 is 5.97 Å². The fourth-order valence-corrected chi connectivity index (χ4v) is 5.28. The van der Waals surface area contributed by atoms with E-state index in [4.69, 9.17) is 14.2 Å². The standard InChI is InChI=1S/C29H37N3O4/c1-20(2)25-16-21(3)28(19-27(25)31-10-14-35-15-11-31)36-29(33)23-17-24-6-5-7-32(24)26(18-23)22(4)30-8-12-34-13-9-30/h5-7,16-20,22H,8-15H2,1-4H3. The van der Waals surface area contributed by atoms with Gasteiger partial charge in [-0.15, -0.1) is 0 Å². The summed E-state index contributed by atoms with van der Waals surface area (Å²) >= 11 is 0. The van der Waals surface area contributed by atoms with E-state index < -0.39 is 0 Å². The van der Waals surface area contributed by atoms with E-state index in [2.05, 4.69) is 47.2 Å². The Morgan fingerprint density at radius 2 is 1.64 bits per heavy atom. The fraction of sp³-hybridized carbons (Fsp3) is 0.483. The van der Waals surface area contributed by atoms with Crippen molar-refractivity contribution in [1.82, 2.24) is 9.30 Å². The quantitative estimate of drug-likeness (QED) is 0.364. The molecule has 2 saturated heterocycles. The van der Waals surface area contributed by atoms with Crippen LogP contribution in [0.15, 0.2) is 42.6 Å². The van der Waals surface area contributed by atoms with Crippen LogP contribution >= 0.6 is 0 Å². The van der Waals surface area contributed by atoms with Crippen LogP contribution in [0.4, 0.5) is 5.69 Å². The molecule has 0 aliphatic carbocycles. The second kappa shape index (κ2) is 10.6. The highest BCUT2D eigenvalue weighted by Crippen LogP contribution is 2.35. The lowest BCUT2D eigenvalue weighted by molar-refractivity contribution is 0.0188. The van der Waals surface area contributed by atoms with Crippen molar-refractivity contribution in [2.24, 2.45) is 0 Å². The Kier molecular flexibility index (Phi) is 7.32. The van der Waals surface area contributed by atoms with Gasteiger partial charge < -0.3 is 23.5 Å². The smallest absolute Gasteiger partial charge is 0.343 e. The van der Waals surface area contributed by atoms with Gasteiger partial charge in [0, 0.05) is 61.4 Å². The normalized spacial score (nSPS) is 18.1. The van der Waals surface area contributed by atoms with Crippen LogP contribution in [0.2, 0.25) is 0 Å². The average molecular weight is 492 g/mol. The summed E-state index contributed by atoms with van der Waals surface area (Å²) in [5, 5.41) is 0. The van der Waals surface area contributed by atoms with Crippen LogP contribution in [0.5, 0.6) is 5.75 Å². The van der Waals surface area contributed by atoms with Gasteiger partial charge in [-0.05, 0) is 55.2 Å². The summed E-state index contributed by atoms with van der Waals surface area (Å²) in [6, 6.07) is 12.3. The minimum absolute atomic E-state index is 0.150. The number of rotatable bonds is 6. The molecular formula is C29H37N3O4. The number of morpholine rings is 2. The molecule has 2 aliphatic heterocycles. The van der Waals surface area contributed by atoms with Crippen LogP contribution in [0.3, 0.4) is 0 Å². The lowest BCUT2D eigenvalue weighted by atomic mass is 9.97. The molecular weight excluding hydrogens is 454 g/mol. The fourth-order valence-electron chi connectivity index (χ4n) is 5.28. The first-order chi connectivity index (χ1) is 17.4. The minimum atomic E-state index is -0.331. The molecule has 0 radical (unpaired) electrons. The SMILES string of the molecule is Cc1cc(C(C)C)c(N2CCOCC2)cc1OC(=O)c1cc(C(C)N2CCOCC2)n2cccc2c1. The molecule has 1 unspecified atom stereocenters. The van der Waals surface area contributed by atoms with Crippen LogP contribution in [-0.2, 0) is 9.47 Å². The van der Waals surface area contributed by atoms with Crippen molar-refractivity contribution < 1.29 is 19.0 Å². The van der Waals surface area contributed by atoms with Gasteiger partial charge in [0.25, 0.3) is 0 Å². The van der Waals surface area contributed by atoms with Gasteiger partial charge in [-0.1, -0.05) is 19.9 Å². The molecule has 7 nitrogen and oxygen atoms in total. The van der Waals surface area contributed by atoms with E-state index in [1.165, 1.54) is 5.56 Å². The van der Waals surface area contributed by atoms with E-state index >= 15 is 0 Å². The molecule has 0 amide bonds. The second-order valence-electron chi connectivity index (χ2n) is 10.1. The van der Waals surface area contributed by atoms with Crippen LogP contribution in [-0.4, -0.2) is 67.9 Å². The Bertz CT molecular complexity index is 1220. The molecule has 3 aromatic rings. The predicted molar refractivity (Wildman–Crippen MR) is 141 cm³/mol. The zero-order chi connectivity index (χ0) is 25.2. The van der Waals surface area contributed by atoms with E-state index in [-0.39, 0.29) is 12.0 Å². The highest BCUT2D eigenvalue weighted by molar-refractivity contribution is 5.93. The molecule has 0 N–H and O–H groups in total. The number of carbonyl (C=O) groups is 1. The monoisotopic (exact) mass is 491 g/mol. The number of benzene rings is 1. The van der Waals surface area contributed by atoms with E-state index in [0.29, 0.717) is 30.4 Å². The Hall–Kier alpha value is -2.87. The maximum absolute atomic E-state index is 13.5. The molecule has 192 valence electrons. The molecule has 2 aromatic heterocycles. The number of hydrogen-bond donors (Lipinski definition) is 0. The second-order valence-corrected chi connectivity index (χ2v) is 10.1. The maximum atomic E-state index is 13.5. The molecule has 2 aliphatic rings. The number of carbonyl (C=O) groups excluding carboxylic acids is 1. The van der Waals surface area contributed by atoms with E-state index in [9.17, 15) is 4.79 Å². The molecule has 7 heteroatoms. The van der Waals surface area contributed by atoms with Gasteiger partial charge in [-0.3, -0.25) is 4.90 Å². The number of ether oxygens (including phenoxy) is 3. The number of fused-ring (bicyclic) bond motifs is 1. The van der Waals surface area contributed by atoms with Crippen molar-refractivity contribution in [3.63, 3.8) is 0 Å². The van der Waals surface area contributed by atoms with Gasteiger partial charge in [0.1, 0.15) is 5.75 Å². The van der Waals surface area contributed by atoms with E-state index in [1.807, 2.05) is 37.3 Å². The minimum Gasteiger partial charge on any atom is -0.423 e. The number of pyridine rings is 1. The summed E-state index contributed by atoms with van der Waals surface area (Å²) in [5.74, 6) is 0.652. The number of aryl methyl sites for hydroxylation is 1. The van der Waals surface area contributed by atoms with Crippen LogP contribution < -0.4 is 9.64 Å². The number of esters is 1. The van der Waals surface area contributed by atoms with Crippen LogP contribution in [0.1, 0.15) is 59.9 Å². The van der Waals surface area contributed by atoms with E-state index in [0.717, 1.165) is 61.9 Å². The largest absolute Gasteiger partial charge is 0.423 e. The highest BCUT2D eigenvalue weighted by atomic mass is 16.5. The van der Waals surface area contributed by atoms with Crippen molar-refractivity contribution >= 4 is 17.2 Å². The molecule has 5 rings (SSSR count). The average Bonchev–Trinajstić information content (AvgIpc) is 3.38. The third-order valence-corrected chi connectivity index (χ3v) is 7.42. The Balaban J connectivity index is 1.46. The lowest BCUT2D eigenvalue weighted by Gasteiger charge is -2.33. The first-order valence-electron chi connectivity index (χ1n) is 13.0. The summed E-state index contributed by atoms with van der Waals surface area (Å²) in [4.78, 5) is 18.2. The van der Waals surface area contributed by atoms with Crippen molar-refractivity contribution in [2.75, 3.05) is 57.5 Å². The molecule has 4 heterocycles. The third kappa shape index (κ3) is 5.01. The molecule has 0 bridgehead atoms. The number of anilines is 1. The zero-order valence-corrected chi connectivity index (χ0v) is 21.8. The summed E-state index contributed by atoms with van der Waals surface area (Å²) in [6.45, 7) is 14.9. The number of hydrogen-bond acceptors (Lipinski definition) is 6.